The molecule has 1 aromatic rings. The van der Waals surface area contributed by atoms with Crippen LogP contribution in [0.2, 0.25) is 0 Å². The second-order valence-electron chi connectivity index (χ2n) is 3.21. The van der Waals surface area contributed by atoms with Crippen LogP contribution in [0.1, 0.15) is 17.7 Å². The van der Waals surface area contributed by atoms with Gasteiger partial charge in [-0.1, -0.05) is 30.3 Å². The number of carbonyl (C=O) groups excluding carboxylic acids is 2. The van der Waals surface area contributed by atoms with E-state index in [9.17, 15) is 9.59 Å². The number of Topliss-reactive ketones (excluding diaryl/α,β-unsaturated/α-hetero) is 1. The number of carbonyl (C=O) groups is 2. The number of amides is 1. The highest BCUT2D eigenvalue weighted by atomic mass is 32.2. The largest absolute Gasteiger partial charge is 0.368 e. The van der Waals surface area contributed by atoms with Gasteiger partial charge in [0.25, 0.3) is 0 Å². The second-order valence-corrected chi connectivity index (χ2v) is 4.30. The Morgan fingerprint density at radius 2 is 1.93 bits per heavy atom. The first-order valence-corrected chi connectivity index (χ1v) is 5.61. The molecule has 1 aromatic carbocycles. The van der Waals surface area contributed by atoms with Gasteiger partial charge in [0.05, 0.1) is 5.75 Å². The summed E-state index contributed by atoms with van der Waals surface area (Å²) in [5, 5.41) is -0.435. The average molecular weight is 223 g/mol. The van der Waals surface area contributed by atoms with E-state index in [4.69, 9.17) is 5.73 Å². The van der Waals surface area contributed by atoms with E-state index in [1.54, 1.807) is 0 Å². The Balaban J connectivity index is 2.75. The van der Waals surface area contributed by atoms with Crippen LogP contribution in [0.3, 0.4) is 0 Å². The molecule has 1 amide bonds. The van der Waals surface area contributed by atoms with Gasteiger partial charge in [-0.15, -0.1) is 11.8 Å². The lowest BCUT2D eigenvalue weighted by atomic mass is 10.1. The molecule has 0 aliphatic rings. The first kappa shape index (κ1) is 11.8. The van der Waals surface area contributed by atoms with Gasteiger partial charge in [0, 0.05) is 0 Å². The van der Waals surface area contributed by atoms with Crippen molar-refractivity contribution in [1.29, 1.82) is 0 Å². The molecule has 1 rings (SSSR count). The zero-order chi connectivity index (χ0) is 11.3. The van der Waals surface area contributed by atoms with Gasteiger partial charge < -0.3 is 5.73 Å². The molecule has 0 heterocycles. The number of ketones is 1. The fraction of sp³-hybridized carbons (Fsp3) is 0.273. The van der Waals surface area contributed by atoms with Crippen LogP contribution in [-0.2, 0) is 9.59 Å². The van der Waals surface area contributed by atoms with E-state index < -0.39 is 11.2 Å². The highest BCUT2D eigenvalue weighted by Gasteiger charge is 2.18. The van der Waals surface area contributed by atoms with Crippen LogP contribution in [0.4, 0.5) is 0 Å². The molecule has 0 aliphatic heterocycles. The Morgan fingerprint density at radius 3 is 2.40 bits per heavy atom. The van der Waals surface area contributed by atoms with Crippen molar-refractivity contribution in [2.45, 2.75) is 12.2 Å². The molecule has 0 unspecified atom stereocenters. The van der Waals surface area contributed by atoms with Gasteiger partial charge in [-0.25, -0.2) is 0 Å². The summed E-state index contributed by atoms with van der Waals surface area (Å²) in [6, 6.07) is 9.24. The van der Waals surface area contributed by atoms with Crippen LogP contribution < -0.4 is 5.73 Å². The number of nitrogens with two attached hydrogens (primary N) is 1. The number of thioether (sulfide) groups is 1. The minimum absolute atomic E-state index is 0.0437. The van der Waals surface area contributed by atoms with Crippen LogP contribution in [0.5, 0.6) is 0 Å². The molecule has 3 nitrogen and oxygen atoms in total. The fourth-order valence-corrected chi connectivity index (χ4v) is 2.09. The van der Waals surface area contributed by atoms with Crippen molar-refractivity contribution < 1.29 is 9.59 Å². The molecule has 4 heteroatoms. The summed E-state index contributed by atoms with van der Waals surface area (Å²) < 4.78 is 0. The van der Waals surface area contributed by atoms with Crippen LogP contribution >= 0.6 is 11.8 Å². The zero-order valence-corrected chi connectivity index (χ0v) is 9.29. The van der Waals surface area contributed by atoms with Crippen molar-refractivity contribution in [1.82, 2.24) is 0 Å². The van der Waals surface area contributed by atoms with Gasteiger partial charge in [-0.2, -0.15) is 0 Å². The molecule has 1 atom stereocenters. The smallest absolute Gasteiger partial charge is 0.235 e. The van der Waals surface area contributed by atoms with Gasteiger partial charge in [0.15, 0.2) is 0 Å². The lowest BCUT2D eigenvalue weighted by Gasteiger charge is -2.11. The molecule has 15 heavy (non-hydrogen) atoms. The molecular formula is C11H13NO2S. The second kappa shape index (κ2) is 5.56. The standard InChI is InChI=1S/C11H13NO2S/c1-8(13)7-15-10(11(12)14)9-5-3-2-4-6-9/h2-6,10H,7H2,1H3,(H2,12,14)/t10-/m0/s1. The Hall–Kier alpha value is -1.29. The molecule has 0 saturated heterocycles. The van der Waals surface area contributed by atoms with E-state index in [2.05, 4.69) is 0 Å². The van der Waals surface area contributed by atoms with Gasteiger partial charge >= 0.3 is 0 Å². The van der Waals surface area contributed by atoms with Crippen LogP contribution in [0, 0.1) is 0 Å². The summed E-state index contributed by atoms with van der Waals surface area (Å²) in [7, 11) is 0. The van der Waals surface area contributed by atoms with Crippen molar-refractivity contribution in [2.24, 2.45) is 5.73 Å². The minimum atomic E-state index is -0.435. The summed E-state index contributed by atoms with van der Waals surface area (Å²) in [5.41, 5.74) is 6.13. The average Bonchev–Trinajstić information content (AvgIpc) is 2.18. The zero-order valence-electron chi connectivity index (χ0n) is 8.47. The summed E-state index contributed by atoms with van der Waals surface area (Å²) >= 11 is 1.27. The normalized spacial score (nSPS) is 12.1. The van der Waals surface area contributed by atoms with E-state index in [1.807, 2.05) is 30.3 Å². The van der Waals surface area contributed by atoms with E-state index in [0.29, 0.717) is 5.75 Å². The number of rotatable bonds is 5. The highest BCUT2D eigenvalue weighted by Crippen LogP contribution is 2.27. The van der Waals surface area contributed by atoms with E-state index in [0.717, 1.165) is 5.56 Å². The highest BCUT2D eigenvalue weighted by molar-refractivity contribution is 8.00. The topological polar surface area (TPSA) is 60.2 Å². The van der Waals surface area contributed by atoms with Crippen LogP contribution in [0.25, 0.3) is 0 Å². The third-order valence-corrected chi connectivity index (χ3v) is 3.22. The summed E-state index contributed by atoms with van der Waals surface area (Å²) in [5.74, 6) is -0.0580. The van der Waals surface area contributed by atoms with Gasteiger partial charge in [-0.05, 0) is 12.5 Å². The minimum Gasteiger partial charge on any atom is -0.368 e. The van der Waals surface area contributed by atoms with Crippen molar-refractivity contribution in [3.63, 3.8) is 0 Å². The number of primary amides is 1. The monoisotopic (exact) mass is 223 g/mol. The molecule has 80 valence electrons. The lowest BCUT2D eigenvalue weighted by Crippen LogP contribution is -2.20. The number of hydrogen-bond acceptors (Lipinski definition) is 3. The summed E-state index contributed by atoms with van der Waals surface area (Å²) in [6.45, 7) is 1.50. The predicted octanol–water partition coefficient (Wildman–Crippen LogP) is 1.54. The molecule has 0 spiro atoms. The molecular weight excluding hydrogens is 210 g/mol. The molecule has 0 fully saturated rings. The van der Waals surface area contributed by atoms with E-state index >= 15 is 0 Å². The lowest BCUT2D eigenvalue weighted by molar-refractivity contribution is -0.117. The molecule has 0 bridgehead atoms. The van der Waals surface area contributed by atoms with Crippen molar-refractivity contribution in [2.75, 3.05) is 5.75 Å². The maximum Gasteiger partial charge on any atom is 0.235 e. The Morgan fingerprint density at radius 1 is 1.33 bits per heavy atom. The quantitative estimate of drug-likeness (QED) is 0.823. The first-order chi connectivity index (χ1) is 7.11. The van der Waals surface area contributed by atoms with Gasteiger partial charge in [0.2, 0.25) is 5.91 Å². The van der Waals surface area contributed by atoms with E-state index in [-0.39, 0.29) is 5.78 Å². The molecule has 2 N–H and O–H groups in total. The number of hydrogen-bond donors (Lipinski definition) is 1. The fourth-order valence-electron chi connectivity index (χ4n) is 1.17. The van der Waals surface area contributed by atoms with Gasteiger partial charge in [0.1, 0.15) is 11.0 Å². The van der Waals surface area contributed by atoms with Crippen molar-refractivity contribution in [3.05, 3.63) is 35.9 Å². The third kappa shape index (κ3) is 3.75. The molecule has 0 aliphatic carbocycles. The van der Waals surface area contributed by atoms with Crippen LogP contribution in [-0.4, -0.2) is 17.4 Å². The molecule has 0 aromatic heterocycles. The predicted molar refractivity (Wildman–Crippen MR) is 61.5 cm³/mol. The molecule has 0 saturated carbocycles. The maximum atomic E-state index is 11.2. The van der Waals surface area contributed by atoms with E-state index in [1.165, 1.54) is 18.7 Å². The van der Waals surface area contributed by atoms with Crippen molar-refractivity contribution >= 4 is 23.5 Å². The molecule has 0 radical (unpaired) electrons. The van der Waals surface area contributed by atoms with Crippen molar-refractivity contribution in [3.8, 4) is 0 Å². The Kier molecular flexibility index (Phi) is 4.37. The Labute approximate surface area is 93.0 Å². The third-order valence-electron chi connectivity index (χ3n) is 1.81. The summed E-state index contributed by atoms with van der Waals surface area (Å²) in [6.07, 6.45) is 0. The maximum absolute atomic E-state index is 11.2. The first-order valence-electron chi connectivity index (χ1n) is 4.56. The van der Waals surface area contributed by atoms with Gasteiger partial charge in [-0.3, -0.25) is 9.59 Å². The number of benzene rings is 1. The van der Waals surface area contributed by atoms with Crippen LogP contribution in [0.15, 0.2) is 30.3 Å². The summed E-state index contributed by atoms with van der Waals surface area (Å²) in [4.78, 5) is 22.0. The Bertz CT molecular complexity index is 351. The SMILES string of the molecule is CC(=O)CS[C@H](C(N)=O)c1ccccc1.